The fourth-order valence-corrected chi connectivity index (χ4v) is 2.90. The van der Waals surface area contributed by atoms with Crippen molar-refractivity contribution in [2.24, 2.45) is 10.2 Å². The highest BCUT2D eigenvalue weighted by molar-refractivity contribution is 9.10. The van der Waals surface area contributed by atoms with Gasteiger partial charge in [-0.05, 0) is 24.1 Å². The highest BCUT2D eigenvalue weighted by Gasteiger charge is 2.37. The molecule has 1 aromatic carbocycles. The van der Waals surface area contributed by atoms with Crippen molar-refractivity contribution in [1.29, 1.82) is 0 Å². The number of halogens is 1. The smallest absolute Gasteiger partial charge is 0.223 e. The number of carbonyl (C=O) groups is 1. The van der Waals surface area contributed by atoms with E-state index >= 15 is 0 Å². The van der Waals surface area contributed by atoms with E-state index in [0.29, 0.717) is 13.0 Å². The van der Waals surface area contributed by atoms with E-state index in [9.17, 15) is 4.79 Å². The Hall–Kier alpha value is -1.23. The Morgan fingerprint density at radius 1 is 1.28 bits per heavy atom. The highest BCUT2D eigenvalue weighted by Crippen LogP contribution is 2.33. The van der Waals surface area contributed by atoms with Gasteiger partial charge in [-0.1, -0.05) is 28.1 Å². The number of rotatable bonds is 2. The molecule has 2 atom stereocenters. The Morgan fingerprint density at radius 2 is 2.06 bits per heavy atom. The maximum Gasteiger partial charge on any atom is 0.223 e. The summed E-state index contributed by atoms with van der Waals surface area (Å²) in [5.74, 6) is 0.245. The molecular formula is C13H14BrN3O. The van der Waals surface area contributed by atoms with E-state index < -0.39 is 0 Å². The fourth-order valence-electron chi connectivity index (χ4n) is 2.63. The average molecular weight is 308 g/mol. The third-order valence-corrected chi connectivity index (χ3v) is 4.09. The third-order valence-electron chi connectivity index (χ3n) is 3.56. The van der Waals surface area contributed by atoms with Gasteiger partial charge in [0.15, 0.2) is 0 Å². The van der Waals surface area contributed by atoms with Crippen molar-refractivity contribution in [2.45, 2.75) is 24.9 Å². The average Bonchev–Trinajstić information content (AvgIpc) is 2.98. The summed E-state index contributed by atoms with van der Waals surface area (Å²) in [6.07, 6.45) is 1.63. The number of carbonyl (C=O) groups excluding carboxylic acids is 1. The minimum absolute atomic E-state index is 0.000139. The van der Waals surface area contributed by atoms with Crippen molar-refractivity contribution in [1.82, 2.24) is 4.90 Å². The summed E-state index contributed by atoms with van der Waals surface area (Å²) in [6.45, 7) is 1.48. The Bertz CT molecular complexity index is 486. The number of hydrogen-bond donors (Lipinski definition) is 0. The minimum Gasteiger partial charge on any atom is -0.335 e. The molecule has 2 heterocycles. The van der Waals surface area contributed by atoms with E-state index in [2.05, 4.69) is 26.2 Å². The number of benzene rings is 1. The first-order valence-corrected chi connectivity index (χ1v) is 6.96. The van der Waals surface area contributed by atoms with Crippen molar-refractivity contribution in [3.8, 4) is 0 Å². The first-order chi connectivity index (χ1) is 8.75. The Kier molecular flexibility index (Phi) is 3.16. The van der Waals surface area contributed by atoms with E-state index in [1.54, 1.807) is 0 Å². The highest BCUT2D eigenvalue weighted by atomic mass is 79.9. The molecule has 1 amide bonds. The van der Waals surface area contributed by atoms with Crippen molar-refractivity contribution >= 4 is 21.8 Å². The van der Waals surface area contributed by atoms with Crippen LogP contribution in [0.25, 0.3) is 0 Å². The van der Waals surface area contributed by atoms with E-state index in [1.807, 2.05) is 29.2 Å². The molecule has 1 saturated heterocycles. The molecule has 0 radical (unpaired) electrons. The summed E-state index contributed by atoms with van der Waals surface area (Å²) >= 11 is 3.43. The predicted molar refractivity (Wildman–Crippen MR) is 71.3 cm³/mol. The molecule has 1 fully saturated rings. The number of amides is 1. The van der Waals surface area contributed by atoms with Crippen LogP contribution in [0.1, 0.15) is 24.4 Å². The molecule has 0 saturated carbocycles. The van der Waals surface area contributed by atoms with Gasteiger partial charge in [0, 0.05) is 17.4 Å². The summed E-state index contributed by atoms with van der Waals surface area (Å²) in [6, 6.07) is 8.22. The molecule has 0 aliphatic carbocycles. The van der Waals surface area contributed by atoms with Gasteiger partial charge in [0.25, 0.3) is 0 Å². The molecular weight excluding hydrogens is 294 g/mol. The van der Waals surface area contributed by atoms with Crippen LogP contribution in [0.15, 0.2) is 39.0 Å². The Balaban J connectivity index is 1.84. The summed E-state index contributed by atoms with van der Waals surface area (Å²) in [4.78, 5) is 13.8. The van der Waals surface area contributed by atoms with Gasteiger partial charge >= 0.3 is 0 Å². The molecule has 3 rings (SSSR count). The Labute approximate surface area is 114 Å². The van der Waals surface area contributed by atoms with Gasteiger partial charge in [0.05, 0.1) is 12.6 Å². The van der Waals surface area contributed by atoms with Crippen LogP contribution in [-0.4, -0.2) is 29.9 Å². The normalized spacial score (nSPS) is 27.2. The second-order valence-electron chi connectivity index (χ2n) is 4.69. The summed E-state index contributed by atoms with van der Waals surface area (Å²) in [7, 11) is 0. The molecule has 1 aromatic rings. The van der Waals surface area contributed by atoms with Crippen LogP contribution in [0, 0.1) is 0 Å². The first kappa shape index (κ1) is 11.8. The lowest BCUT2D eigenvalue weighted by Gasteiger charge is -2.27. The van der Waals surface area contributed by atoms with E-state index in [4.69, 9.17) is 0 Å². The maximum atomic E-state index is 11.8. The zero-order chi connectivity index (χ0) is 12.5. The van der Waals surface area contributed by atoms with Gasteiger partial charge in [-0.2, -0.15) is 10.2 Å². The standard InChI is InChI=1S/C13H14BrN3O/c14-10-5-3-9(4-6-10)13-11(8-15-16-13)17-7-1-2-12(17)18/h3-6,11,13H,1-2,7-8H2. The van der Waals surface area contributed by atoms with Gasteiger partial charge in [-0.25, -0.2) is 0 Å². The lowest BCUT2D eigenvalue weighted by molar-refractivity contribution is -0.129. The van der Waals surface area contributed by atoms with Gasteiger partial charge < -0.3 is 4.90 Å². The molecule has 18 heavy (non-hydrogen) atoms. The van der Waals surface area contributed by atoms with Crippen LogP contribution >= 0.6 is 15.9 Å². The second-order valence-corrected chi connectivity index (χ2v) is 5.61. The Morgan fingerprint density at radius 3 is 2.72 bits per heavy atom. The molecule has 94 valence electrons. The van der Waals surface area contributed by atoms with Crippen molar-refractivity contribution < 1.29 is 4.79 Å². The topological polar surface area (TPSA) is 45.0 Å². The molecule has 0 spiro atoms. The monoisotopic (exact) mass is 307 g/mol. The minimum atomic E-state index is 0.000139. The first-order valence-electron chi connectivity index (χ1n) is 6.17. The van der Waals surface area contributed by atoms with Gasteiger partial charge in [-0.3, -0.25) is 4.79 Å². The molecule has 0 bridgehead atoms. The zero-order valence-corrected chi connectivity index (χ0v) is 11.5. The summed E-state index contributed by atoms with van der Waals surface area (Å²) < 4.78 is 1.05. The molecule has 0 N–H and O–H groups in total. The molecule has 2 unspecified atom stereocenters. The van der Waals surface area contributed by atoms with Crippen LogP contribution in [-0.2, 0) is 4.79 Å². The summed E-state index contributed by atoms with van der Waals surface area (Å²) in [5.41, 5.74) is 1.13. The molecule has 2 aliphatic rings. The number of likely N-dealkylation sites (tertiary alicyclic amines) is 1. The van der Waals surface area contributed by atoms with Crippen LogP contribution < -0.4 is 0 Å². The van der Waals surface area contributed by atoms with Gasteiger partial charge in [0.1, 0.15) is 6.04 Å². The van der Waals surface area contributed by atoms with Crippen LogP contribution in [0.5, 0.6) is 0 Å². The van der Waals surface area contributed by atoms with Gasteiger partial charge in [-0.15, -0.1) is 0 Å². The lowest BCUT2D eigenvalue weighted by atomic mass is 10.00. The fraction of sp³-hybridized carbons (Fsp3) is 0.462. The number of nitrogens with zero attached hydrogens (tertiary/aromatic N) is 3. The predicted octanol–water partition coefficient (Wildman–Crippen LogP) is 2.95. The van der Waals surface area contributed by atoms with E-state index in [1.165, 1.54) is 0 Å². The molecule has 2 aliphatic heterocycles. The number of hydrogen-bond acceptors (Lipinski definition) is 3. The molecule has 0 aromatic heterocycles. The van der Waals surface area contributed by atoms with E-state index in [-0.39, 0.29) is 18.0 Å². The molecule has 4 nitrogen and oxygen atoms in total. The van der Waals surface area contributed by atoms with Crippen molar-refractivity contribution in [2.75, 3.05) is 13.1 Å². The summed E-state index contributed by atoms with van der Waals surface area (Å²) in [5, 5.41) is 8.46. The van der Waals surface area contributed by atoms with Crippen LogP contribution in [0.4, 0.5) is 0 Å². The molecule has 5 heteroatoms. The van der Waals surface area contributed by atoms with Crippen LogP contribution in [0.3, 0.4) is 0 Å². The third kappa shape index (κ3) is 2.07. The van der Waals surface area contributed by atoms with Gasteiger partial charge in [0.2, 0.25) is 5.91 Å². The number of azo groups is 1. The zero-order valence-electron chi connectivity index (χ0n) is 9.92. The quantitative estimate of drug-likeness (QED) is 0.828. The van der Waals surface area contributed by atoms with Crippen molar-refractivity contribution in [3.63, 3.8) is 0 Å². The van der Waals surface area contributed by atoms with E-state index in [0.717, 1.165) is 23.0 Å². The largest absolute Gasteiger partial charge is 0.335 e. The van der Waals surface area contributed by atoms with Crippen molar-refractivity contribution in [3.05, 3.63) is 34.3 Å². The maximum absolute atomic E-state index is 11.8. The van der Waals surface area contributed by atoms with Crippen LogP contribution in [0.2, 0.25) is 0 Å². The lowest BCUT2D eigenvalue weighted by Crippen LogP contribution is -2.40. The second kappa shape index (κ2) is 4.80. The SMILES string of the molecule is O=C1CCCN1C1CN=NC1c1ccc(Br)cc1.